The first-order valence-electron chi connectivity index (χ1n) is 28.3. The Morgan fingerprint density at radius 1 is 0.333 bits per heavy atom. The fourth-order valence-electron chi connectivity index (χ4n) is 8.66. The standard InChI is InChI=1S/C57H110O6/c1-6-8-9-10-11-25-34-39-44-49-57(60)63-54(51-62-56(59)48-43-38-33-29-24-20-21-26-30-35-40-45-52(3)4)50-61-55(58)47-42-37-32-28-23-19-17-15-13-12-14-16-18-22-27-31-36-41-46-53(5)7-2/h52-54H,6-51H2,1-5H3/t53?,54-/m0/s1. The molecule has 374 valence electrons. The van der Waals surface area contributed by atoms with Crippen molar-refractivity contribution in [2.24, 2.45) is 11.8 Å². The molecule has 6 heteroatoms. The van der Waals surface area contributed by atoms with Crippen LogP contribution in [-0.4, -0.2) is 37.2 Å². The van der Waals surface area contributed by atoms with Crippen LogP contribution in [0.3, 0.4) is 0 Å². The predicted octanol–water partition coefficient (Wildman–Crippen LogP) is 18.5. The Hall–Kier alpha value is -1.59. The lowest BCUT2D eigenvalue weighted by molar-refractivity contribution is -0.167. The molecule has 2 atom stereocenters. The Morgan fingerprint density at radius 3 is 0.905 bits per heavy atom. The molecule has 0 saturated carbocycles. The van der Waals surface area contributed by atoms with Crippen LogP contribution >= 0.6 is 0 Å². The highest BCUT2D eigenvalue weighted by atomic mass is 16.6. The van der Waals surface area contributed by atoms with Gasteiger partial charge < -0.3 is 14.2 Å². The highest BCUT2D eigenvalue weighted by Crippen LogP contribution is 2.18. The van der Waals surface area contributed by atoms with E-state index >= 15 is 0 Å². The van der Waals surface area contributed by atoms with E-state index in [4.69, 9.17) is 14.2 Å². The van der Waals surface area contributed by atoms with Crippen LogP contribution in [0, 0.1) is 11.8 Å². The van der Waals surface area contributed by atoms with Crippen LogP contribution in [-0.2, 0) is 28.6 Å². The second-order valence-electron chi connectivity index (χ2n) is 20.3. The van der Waals surface area contributed by atoms with E-state index in [1.807, 2.05) is 0 Å². The molecule has 0 rings (SSSR count). The molecule has 0 bridgehead atoms. The van der Waals surface area contributed by atoms with E-state index in [2.05, 4.69) is 34.6 Å². The van der Waals surface area contributed by atoms with E-state index in [9.17, 15) is 14.4 Å². The molecule has 0 fully saturated rings. The Bertz CT molecular complexity index is 964. The zero-order valence-electron chi connectivity index (χ0n) is 43.2. The summed E-state index contributed by atoms with van der Waals surface area (Å²) in [6.45, 7) is 11.4. The van der Waals surface area contributed by atoms with Gasteiger partial charge in [-0.05, 0) is 31.1 Å². The lowest BCUT2D eigenvalue weighted by Crippen LogP contribution is -2.30. The van der Waals surface area contributed by atoms with Crippen molar-refractivity contribution in [1.29, 1.82) is 0 Å². The first-order valence-corrected chi connectivity index (χ1v) is 28.3. The Kier molecular flexibility index (Phi) is 48.6. The van der Waals surface area contributed by atoms with E-state index in [0.29, 0.717) is 19.3 Å². The van der Waals surface area contributed by atoms with Gasteiger partial charge in [0.1, 0.15) is 13.2 Å². The monoisotopic (exact) mass is 891 g/mol. The number of unbranched alkanes of at least 4 members (excludes halogenated alkanes) is 35. The van der Waals surface area contributed by atoms with Crippen LogP contribution in [0.4, 0.5) is 0 Å². The maximum atomic E-state index is 12.7. The summed E-state index contributed by atoms with van der Waals surface area (Å²) in [5, 5.41) is 0. The topological polar surface area (TPSA) is 78.9 Å². The van der Waals surface area contributed by atoms with Gasteiger partial charge >= 0.3 is 17.9 Å². The van der Waals surface area contributed by atoms with Crippen LogP contribution in [0.25, 0.3) is 0 Å². The summed E-state index contributed by atoms with van der Waals surface area (Å²) in [5.74, 6) is 0.891. The predicted molar refractivity (Wildman–Crippen MR) is 270 cm³/mol. The van der Waals surface area contributed by atoms with Gasteiger partial charge in [0.25, 0.3) is 0 Å². The lowest BCUT2D eigenvalue weighted by Gasteiger charge is -2.18. The molecule has 0 amide bonds. The molecular weight excluding hydrogens is 781 g/mol. The van der Waals surface area contributed by atoms with Crippen LogP contribution < -0.4 is 0 Å². The fourth-order valence-corrected chi connectivity index (χ4v) is 8.66. The molecule has 63 heavy (non-hydrogen) atoms. The Balaban J connectivity index is 4.15. The Labute approximate surface area is 393 Å². The maximum Gasteiger partial charge on any atom is 0.306 e. The van der Waals surface area contributed by atoms with Crippen molar-refractivity contribution in [1.82, 2.24) is 0 Å². The number of esters is 3. The third-order valence-corrected chi connectivity index (χ3v) is 13.3. The number of carbonyl (C=O) groups is 3. The molecule has 0 saturated heterocycles. The van der Waals surface area contributed by atoms with E-state index in [-0.39, 0.29) is 31.1 Å². The van der Waals surface area contributed by atoms with Crippen molar-refractivity contribution >= 4 is 17.9 Å². The Morgan fingerprint density at radius 2 is 0.603 bits per heavy atom. The molecule has 6 nitrogen and oxygen atoms in total. The normalized spacial score (nSPS) is 12.5. The molecule has 0 aliphatic carbocycles. The summed E-state index contributed by atoms with van der Waals surface area (Å²) in [5.41, 5.74) is 0. The minimum Gasteiger partial charge on any atom is -0.462 e. The first-order chi connectivity index (χ1) is 30.8. The molecule has 0 heterocycles. The van der Waals surface area contributed by atoms with Crippen LogP contribution in [0.5, 0.6) is 0 Å². The second-order valence-corrected chi connectivity index (χ2v) is 20.3. The zero-order chi connectivity index (χ0) is 46.1. The first kappa shape index (κ1) is 61.4. The fraction of sp³-hybridized carbons (Fsp3) is 0.947. The average Bonchev–Trinajstić information content (AvgIpc) is 3.27. The minimum atomic E-state index is -0.761. The number of ether oxygens (including phenoxy) is 3. The number of hydrogen-bond acceptors (Lipinski definition) is 6. The van der Waals surface area contributed by atoms with E-state index in [1.54, 1.807) is 0 Å². The quantitative estimate of drug-likeness (QED) is 0.0344. The van der Waals surface area contributed by atoms with Gasteiger partial charge in [-0.2, -0.15) is 0 Å². The van der Waals surface area contributed by atoms with Gasteiger partial charge in [-0.25, -0.2) is 0 Å². The number of rotatable bonds is 51. The van der Waals surface area contributed by atoms with Crippen molar-refractivity contribution in [3.63, 3.8) is 0 Å². The van der Waals surface area contributed by atoms with E-state index < -0.39 is 6.10 Å². The lowest BCUT2D eigenvalue weighted by atomic mass is 9.99. The molecule has 0 spiro atoms. The summed E-state index contributed by atoms with van der Waals surface area (Å²) >= 11 is 0. The van der Waals surface area contributed by atoms with Crippen LogP contribution in [0.1, 0.15) is 317 Å². The van der Waals surface area contributed by atoms with Crippen molar-refractivity contribution < 1.29 is 28.6 Å². The third-order valence-electron chi connectivity index (χ3n) is 13.3. The molecule has 0 aromatic carbocycles. The maximum absolute atomic E-state index is 12.7. The highest BCUT2D eigenvalue weighted by molar-refractivity contribution is 5.71. The van der Waals surface area contributed by atoms with Crippen molar-refractivity contribution in [2.45, 2.75) is 323 Å². The summed E-state index contributed by atoms with van der Waals surface area (Å²) in [7, 11) is 0. The summed E-state index contributed by atoms with van der Waals surface area (Å²) < 4.78 is 16.8. The molecule has 0 aromatic heterocycles. The molecule has 0 aromatic rings. The van der Waals surface area contributed by atoms with Crippen molar-refractivity contribution in [2.75, 3.05) is 13.2 Å². The van der Waals surface area contributed by atoms with Gasteiger partial charge in [-0.15, -0.1) is 0 Å². The largest absolute Gasteiger partial charge is 0.462 e. The van der Waals surface area contributed by atoms with Gasteiger partial charge in [0.05, 0.1) is 0 Å². The van der Waals surface area contributed by atoms with Crippen molar-refractivity contribution in [3.8, 4) is 0 Å². The minimum absolute atomic E-state index is 0.0632. The molecule has 0 aliphatic rings. The van der Waals surface area contributed by atoms with Gasteiger partial charge in [-0.3, -0.25) is 14.4 Å². The molecular formula is C57H110O6. The van der Waals surface area contributed by atoms with E-state index in [0.717, 1.165) is 69.6 Å². The van der Waals surface area contributed by atoms with Gasteiger partial charge in [0.2, 0.25) is 0 Å². The summed E-state index contributed by atoms with van der Waals surface area (Å²) in [4.78, 5) is 38.0. The van der Waals surface area contributed by atoms with Crippen LogP contribution in [0.2, 0.25) is 0 Å². The highest BCUT2D eigenvalue weighted by Gasteiger charge is 2.19. The van der Waals surface area contributed by atoms with Crippen LogP contribution in [0.15, 0.2) is 0 Å². The number of hydrogen-bond donors (Lipinski definition) is 0. The molecule has 0 N–H and O–H groups in total. The molecule has 0 radical (unpaired) electrons. The summed E-state index contributed by atoms with van der Waals surface area (Å²) in [6, 6.07) is 0. The summed E-state index contributed by atoms with van der Waals surface area (Å²) in [6.07, 6.45) is 52.4. The van der Waals surface area contributed by atoms with Crippen molar-refractivity contribution in [3.05, 3.63) is 0 Å². The second kappa shape index (κ2) is 49.8. The van der Waals surface area contributed by atoms with Gasteiger partial charge in [0, 0.05) is 19.3 Å². The SMILES string of the molecule is CCCCCCCCCCCC(=O)O[C@@H](COC(=O)CCCCCCCCCCCCCCCCCCCCC(C)CC)COC(=O)CCCCCCCCCCCCCC(C)C. The molecule has 0 aliphatic heterocycles. The number of carbonyl (C=O) groups excluding carboxylic acids is 3. The zero-order valence-corrected chi connectivity index (χ0v) is 43.2. The van der Waals surface area contributed by atoms with Gasteiger partial charge in [0.15, 0.2) is 6.10 Å². The van der Waals surface area contributed by atoms with E-state index in [1.165, 1.54) is 205 Å². The third kappa shape index (κ3) is 49.7. The molecule has 1 unspecified atom stereocenters. The van der Waals surface area contributed by atoms with Gasteiger partial charge in [-0.1, -0.05) is 279 Å². The average molecular weight is 892 g/mol. The smallest absolute Gasteiger partial charge is 0.306 e.